The third kappa shape index (κ3) is 5.10. The Kier molecular flexibility index (Phi) is 6.46. The number of thioether (sulfide) groups is 1. The largest absolute Gasteiger partial charge is 0.239 e. The van der Waals surface area contributed by atoms with Crippen molar-refractivity contribution in [3.05, 3.63) is 28.0 Å². The van der Waals surface area contributed by atoms with Gasteiger partial charge in [0, 0.05) is 5.75 Å². The van der Waals surface area contributed by atoms with Gasteiger partial charge >= 0.3 is 0 Å². The molecule has 0 N–H and O–H groups in total. The summed E-state index contributed by atoms with van der Waals surface area (Å²) in [5, 5.41) is 1.23. The zero-order valence-electron chi connectivity index (χ0n) is 8.80. The molecule has 15 heavy (non-hydrogen) atoms. The molecule has 0 amide bonds. The minimum Gasteiger partial charge on any atom is -0.239 e. The first-order chi connectivity index (χ1) is 7.24. The van der Waals surface area contributed by atoms with Crippen LogP contribution in [0, 0.1) is 0 Å². The van der Waals surface area contributed by atoms with Gasteiger partial charge in [0.25, 0.3) is 0 Å². The zero-order valence-corrected chi connectivity index (χ0v) is 11.1. The van der Waals surface area contributed by atoms with Gasteiger partial charge in [0.1, 0.15) is 5.15 Å². The molecule has 4 heteroatoms. The summed E-state index contributed by atoms with van der Waals surface area (Å²) < 4.78 is 0. The monoisotopic (exact) mass is 263 g/mol. The van der Waals surface area contributed by atoms with E-state index in [1.807, 2.05) is 11.8 Å². The maximum absolute atomic E-state index is 6.00. The summed E-state index contributed by atoms with van der Waals surface area (Å²) in [6.07, 6.45) is 3.82. The molecule has 0 atom stereocenters. The van der Waals surface area contributed by atoms with E-state index in [0.717, 1.165) is 11.4 Å². The van der Waals surface area contributed by atoms with Crippen LogP contribution in [0.3, 0.4) is 0 Å². The van der Waals surface area contributed by atoms with Crippen LogP contribution in [0.1, 0.15) is 31.9 Å². The molecule has 0 aliphatic carbocycles. The van der Waals surface area contributed by atoms with Crippen LogP contribution in [0.15, 0.2) is 12.1 Å². The van der Waals surface area contributed by atoms with Gasteiger partial charge in [-0.25, -0.2) is 4.98 Å². The van der Waals surface area contributed by atoms with Crippen molar-refractivity contribution < 1.29 is 0 Å². The number of halogens is 2. The van der Waals surface area contributed by atoms with E-state index in [4.69, 9.17) is 23.2 Å². The average molecular weight is 264 g/mol. The highest BCUT2D eigenvalue weighted by Crippen LogP contribution is 2.22. The lowest BCUT2D eigenvalue weighted by atomic mass is 10.3. The number of rotatable bonds is 6. The summed E-state index contributed by atoms with van der Waals surface area (Å²) in [4.78, 5) is 4.20. The molecular weight excluding hydrogens is 249 g/mol. The highest BCUT2D eigenvalue weighted by molar-refractivity contribution is 7.98. The molecule has 1 nitrogen and oxygen atoms in total. The second-order valence-electron chi connectivity index (χ2n) is 3.32. The van der Waals surface area contributed by atoms with Crippen molar-refractivity contribution in [2.45, 2.75) is 31.9 Å². The number of nitrogens with zero attached hydrogens (tertiary/aromatic N) is 1. The van der Waals surface area contributed by atoms with Crippen LogP contribution in [0.25, 0.3) is 0 Å². The summed E-state index contributed by atoms with van der Waals surface area (Å²) >= 11 is 13.7. The Bertz CT molecular complexity index is 305. The second kappa shape index (κ2) is 7.37. The van der Waals surface area contributed by atoms with E-state index in [1.54, 1.807) is 12.1 Å². The van der Waals surface area contributed by atoms with Crippen molar-refractivity contribution in [2.24, 2.45) is 0 Å². The van der Waals surface area contributed by atoms with E-state index in [2.05, 4.69) is 11.9 Å². The van der Waals surface area contributed by atoms with Gasteiger partial charge in [-0.2, -0.15) is 11.8 Å². The number of hydrogen-bond donors (Lipinski definition) is 0. The van der Waals surface area contributed by atoms with Gasteiger partial charge in [0.2, 0.25) is 0 Å². The lowest BCUT2D eigenvalue weighted by Gasteiger charge is -2.03. The van der Waals surface area contributed by atoms with Crippen LogP contribution >= 0.6 is 35.0 Å². The predicted molar refractivity (Wildman–Crippen MR) is 69.9 cm³/mol. The van der Waals surface area contributed by atoms with Crippen LogP contribution in [0.5, 0.6) is 0 Å². The molecule has 0 fully saturated rings. The number of unbranched alkanes of at least 4 members (excludes halogenated alkanes) is 2. The molecule has 0 aliphatic heterocycles. The summed E-state index contributed by atoms with van der Waals surface area (Å²) in [5.41, 5.74) is 0.894. The first-order valence-corrected chi connectivity index (χ1v) is 7.03. The van der Waals surface area contributed by atoms with E-state index in [-0.39, 0.29) is 0 Å². The van der Waals surface area contributed by atoms with E-state index in [1.165, 1.54) is 25.0 Å². The molecule has 0 bridgehead atoms. The molecule has 0 radical (unpaired) electrons. The molecule has 0 aromatic carbocycles. The van der Waals surface area contributed by atoms with E-state index in [0.29, 0.717) is 10.2 Å². The van der Waals surface area contributed by atoms with Crippen LogP contribution in [0.2, 0.25) is 10.2 Å². The van der Waals surface area contributed by atoms with Gasteiger partial charge in [-0.15, -0.1) is 0 Å². The topological polar surface area (TPSA) is 12.9 Å². The number of aromatic nitrogens is 1. The highest BCUT2D eigenvalue weighted by atomic mass is 35.5. The van der Waals surface area contributed by atoms with Crippen molar-refractivity contribution in [2.75, 3.05) is 5.75 Å². The Morgan fingerprint density at radius 3 is 2.80 bits per heavy atom. The molecule has 1 heterocycles. The molecule has 0 unspecified atom stereocenters. The number of pyridine rings is 1. The Hall–Kier alpha value is 0.0800. The van der Waals surface area contributed by atoms with Crippen molar-refractivity contribution in [3.8, 4) is 0 Å². The summed E-state index contributed by atoms with van der Waals surface area (Å²) in [7, 11) is 0. The van der Waals surface area contributed by atoms with Crippen LogP contribution in [-0.4, -0.2) is 10.7 Å². The minimum absolute atomic E-state index is 0.517. The van der Waals surface area contributed by atoms with Gasteiger partial charge in [-0.1, -0.05) is 43.0 Å². The van der Waals surface area contributed by atoms with Crippen molar-refractivity contribution in [3.63, 3.8) is 0 Å². The minimum atomic E-state index is 0.517. The standard InChI is InChI=1S/C11H15Cl2NS/c1-2-3-4-7-15-8-10-9(12)5-6-11(13)14-10/h5-6H,2-4,7-8H2,1H3. The Balaban J connectivity index is 2.33. The lowest BCUT2D eigenvalue weighted by molar-refractivity contribution is 0.778. The molecule has 84 valence electrons. The summed E-state index contributed by atoms with van der Waals surface area (Å²) in [6, 6.07) is 3.52. The molecule has 0 spiro atoms. The molecule has 1 aromatic heterocycles. The van der Waals surface area contributed by atoms with E-state index in [9.17, 15) is 0 Å². The third-order valence-electron chi connectivity index (χ3n) is 2.02. The first-order valence-electron chi connectivity index (χ1n) is 5.12. The van der Waals surface area contributed by atoms with Gasteiger partial charge < -0.3 is 0 Å². The SMILES string of the molecule is CCCCCSCc1nc(Cl)ccc1Cl. The van der Waals surface area contributed by atoms with Crippen LogP contribution in [-0.2, 0) is 5.75 Å². The number of hydrogen-bond acceptors (Lipinski definition) is 2. The summed E-state index contributed by atoms with van der Waals surface area (Å²) in [6.45, 7) is 2.21. The van der Waals surface area contributed by atoms with Crippen molar-refractivity contribution >= 4 is 35.0 Å². The maximum atomic E-state index is 6.00. The Morgan fingerprint density at radius 1 is 1.27 bits per heavy atom. The smallest absolute Gasteiger partial charge is 0.129 e. The van der Waals surface area contributed by atoms with E-state index < -0.39 is 0 Å². The second-order valence-corrected chi connectivity index (χ2v) is 5.22. The van der Waals surface area contributed by atoms with Crippen molar-refractivity contribution in [1.29, 1.82) is 0 Å². The fourth-order valence-electron chi connectivity index (χ4n) is 1.18. The Labute approximate surface area is 106 Å². The van der Waals surface area contributed by atoms with Crippen LogP contribution in [0.4, 0.5) is 0 Å². The molecule has 0 saturated carbocycles. The fourth-order valence-corrected chi connectivity index (χ4v) is 2.56. The zero-order chi connectivity index (χ0) is 11.1. The predicted octanol–water partition coefficient (Wildman–Crippen LogP) is 4.81. The van der Waals surface area contributed by atoms with Gasteiger partial charge in [0.05, 0.1) is 10.7 Å². The normalized spacial score (nSPS) is 10.6. The quantitative estimate of drug-likeness (QED) is 0.540. The molecular formula is C11H15Cl2NS. The van der Waals surface area contributed by atoms with Gasteiger partial charge in [-0.3, -0.25) is 0 Å². The van der Waals surface area contributed by atoms with E-state index >= 15 is 0 Å². The highest BCUT2D eigenvalue weighted by Gasteiger charge is 2.02. The molecule has 1 aromatic rings. The average Bonchev–Trinajstić information content (AvgIpc) is 2.23. The molecule has 0 aliphatic rings. The fraction of sp³-hybridized carbons (Fsp3) is 0.545. The van der Waals surface area contributed by atoms with Gasteiger partial charge in [-0.05, 0) is 24.3 Å². The first kappa shape index (κ1) is 13.1. The maximum Gasteiger partial charge on any atom is 0.129 e. The lowest BCUT2D eigenvalue weighted by Crippen LogP contribution is -1.90. The molecule has 0 saturated heterocycles. The third-order valence-corrected chi connectivity index (χ3v) is 3.63. The molecule has 1 rings (SSSR count). The van der Waals surface area contributed by atoms with Gasteiger partial charge in [0.15, 0.2) is 0 Å². The summed E-state index contributed by atoms with van der Waals surface area (Å²) in [5.74, 6) is 2.02. The van der Waals surface area contributed by atoms with Crippen molar-refractivity contribution in [1.82, 2.24) is 4.98 Å². The van der Waals surface area contributed by atoms with Crippen LogP contribution < -0.4 is 0 Å². The Morgan fingerprint density at radius 2 is 2.07 bits per heavy atom.